The highest BCUT2D eigenvalue weighted by Crippen LogP contribution is 2.21. The van der Waals surface area contributed by atoms with E-state index in [0.717, 1.165) is 16.7 Å². The quantitative estimate of drug-likeness (QED) is 0.418. The van der Waals surface area contributed by atoms with Gasteiger partial charge in [-0.3, -0.25) is 9.59 Å². The predicted molar refractivity (Wildman–Crippen MR) is 141 cm³/mol. The number of carbonyl (C=O) groups is 3. The van der Waals surface area contributed by atoms with E-state index in [2.05, 4.69) is 5.32 Å². The second kappa shape index (κ2) is 12.8. The van der Waals surface area contributed by atoms with Crippen molar-refractivity contribution in [2.45, 2.75) is 50.4 Å². The lowest BCUT2D eigenvalue weighted by Crippen LogP contribution is -2.55. The summed E-state index contributed by atoms with van der Waals surface area (Å²) in [6.45, 7) is 0.581. The maximum Gasteiger partial charge on any atom is 0.329 e. The summed E-state index contributed by atoms with van der Waals surface area (Å²) in [6, 6.07) is 26.1. The first kappa shape index (κ1) is 26.1. The number of nitrogens with one attached hydrogen (secondary N) is 1. The van der Waals surface area contributed by atoms with Crippen LogP contribution in [-0.4, -0.2) is 47.4 Å². The summed E-state index contributed by atoms with van der Waals surface area (Å²) in [6.07, 6.45) is 1.87. The zero-order chi connectivity index (χ0) is 26.0. The van der Waals surface area contributed by atoms with E-state index in [1.54, 1.807) is 4.90 Å². The van der Waals surface area contributed by atoms with Crippen LogP contribution in [0.4, 0.5) is 0 Å². The molecule has 3 aromatic rings. The number of benzene rings is 3. The highest BCUT2D eigenvalue weighted by molar-refractivity contribution is 5.92. The summed E-state index contributed by atoms with van der Waals surface area (Å²) < 4.78 is 5.54. The molecular formula is C30H33N3O4. The van der Waals surface area contributed by atoms with Crippen molar-refractivity contribution in [3.63, 3.8) is 0 Å². The molecule has 1 saturated heterocycles. The third-order valence-electron chi connectivity index (χ3n) is 6.56. The van der Waals surface area contributed by atoms with Gasteiger partial charge in [0.2, 0.25) is 11.8 Å². The fourth-order valence-corrected chi connectivity index (χ4v) is 4.59. The van der Waals surface area contributed by atoms with Gasteiger partial charge in [0.1, 0.15) is 18.7 Å². The van der Waals surface area contributed by atoms with Gasteiger partial charge in [-0.05, 0) is 36.0 Å². The molecule has 7 nitrogen and oxygen atoms in total. The molecule has 0 aliphatic carbocycles. The maximum absolute atomic E-state index is 13.7. The first-order valence-electron chi connectivity index (χ1n) is 12.7. The van der Waals surface area contributed by atoms with Crippen molar-refractivity contribution in [2.75, 3.05) is 6.54 Å². The molecule has 2 amide bonds. The second-order valence-electron chi connectivity index (χ2n) is 9.33. The van der Waals surface area contributed by atoms with Gasteiger partial charge in [0.25, 0.3) is 0 Å². The van der Waals surface area contributed by atoms with E-state index in [-0.39, 0.29) is 12.5 Å². The topological polar surface area (TPSA) is 102 Å². The molecule has 1 aliphatic rings. The zero-order valence-electron chi connectivity index (χ0n) is 20.8. The van der Waals surface area contributed by atoms with Gasteiger partial charge in [-0.25, -0.2) is 4.79 Å². The van der Waals surface area contributed by atoms with Crippen molar-refractivity contribution < 1.29 is 19.1 Å². The molecule has 4 rings (SSSR count). The Morgan fingerprint density at radius 1 is 0.838 bits per heavy atom. The number of hydrogen-bond acceptors (Lipinski definition) is 5. The van der Waals surface area contributed by atoms with Gasteiger partial charge in [-0.2, -0.15) is 0 Å². The van der Waals surface area contributed by atoms with Crippen molar-refractivity contribution >= 4 is 17.8 Å². The standard InChI is InChI=1S/C30H33N3O4/c31-25(19-22-11-4-1-5-12-22)28(34)32-26(20-23-13-6-2-7-14-23)29(35)33-18-10-17-27(33)30(36)37-21-24-15-8-3-9-16-24/h1-9,11-16,25-27H,10,17-21,31H2,(H,32,34)/t25-,26-,27+/m0/s1. The Labute approximate surface area is 217 Å². The lowest BCUT2D eigenvalue weighted by atomic mass is 10.0. The van der Waals surface area contributed by atoms with Crippen LogP contribution in [0.3, 0.4) is 0 Å². The van der Waals surface area contributed by atoms with E-state index in [0.29, 0.717) is 32.2 Å². The van der Waals surface area contributed by atoms with Crippen LogP contribution >= 0.6 is 0 Å². The molecule has 3 N–H and O–H groups in total. The fourth-order valence-electron chi connectivity index (χ4n) is 4.59. The number of amides is 2. The Hall–Kier alpha value is -3.97. The average Bonchev–Trinajstić information content (AvgIpc) is 3.43. The number of rotatable bonds is 10. The van der Waals surface area contributed by atoms with Crippen LogP contribution in [0.1, 0.15) is 29.5 Å². The minimum Gasteiger partial charge on any atom is -0.459 e. The molecule has 0 spiro atoms. The molecule has 0 bridgehead atoms. The predicted octanol–water partition coefficient (Wildman–Crippen LogP) is 3.02. The highest BCUT2D eigenvalue weighted by Gasteiger charge is 2.39. The molecule has 0 radical (unpaired) electrons. The smallest absolute Gasteiger partial charge is 0.329 e. The van der Waals surface area contributed by atoms with Gasteiger partial charge in [-0.15, -0.1) is 0 Å². The zero-order valence-corrected chi connectivity index (χ0v) is 20.8. The Kier molecular flexibility index (Phi) is 9.05. The Bertz CT molecular complexity index is 1170. The Morgan fingerprint density at radius 2 is 1.38 bits per heavy atom. The summed E-state index contributed by atoms with van der Waals surface area (Å²) in [7, 11) is 0. The molecule has 37 heavy (non-hydrogen) atoms. The molecule has 1 heterocycles. The van der Waals surface area contributed by atoms with Crippen LogP contribution in [0.5, 0.6) is 0 Å². The van der Waals surface area contributed by atoms with Gasteiger partial charge in [0, 0.05) is 13.0 Å². The van der Waals surface area contributed by atoms with Crippen LogP contribution in [0, 0.1) is 0 Å². The number of nitrogens with two attached hydrogens (primary N) is 1. The van der Waals surface area contributed by atoms with E-state index >= 15 is 0 Å². The summed E-state index contributed by atoms with van der Waals surface area (Å²) in [5, 5.41) is 2.87. The summed E-state index contributed by atoms with van der Waals surface area (Å²) in [4.78, 5) is 41.2. The van der Waals surface area contributed by atoms with Gasteiger partial charge in [0.05, 0.1) is 6.04 Å². The lowest BCUT2D eigenvalue weighted by molar-refractivity contribution is -0.155. The van der Waals surface area contributed by atoms with Crippen LogP contribution in [0.25, 0.3) is 0 Å². The molecule has 7 heteroatoms. The maximum atomic E-state index is 13.7. The largest absolute Gasteiger partial charge is 0.459 e. The summed E-state index contributed by atoms with van der Waals surface area (Å²) >= 11 is 0. The highest BCUT2D eigenvalue weighted by atomic mass is 16.5. The molecule has 3 atom stereocenters. The Balaban J connectivity index is 1.45. The van der Waals surface area contributed by atoms with Gasteiger partial charge in [0.15, 0.2) is 0 Å². The second-order valence-corrected chi connectivity index (χ2v) is 9.33. The first-order chi connectivity index (χ1) is 18.0. The SMILES string of the molecule is N[C@@H](Cc1ccccc1)C(=O)N[C@@H](Cc1ccccc1)C(=O)N1CCC[C@@H]1C(=O)OCc1ccccc1. The first-order valence-corrected chi connectivity index (χ1v) is 12.7. The monoisotopic (exact) mass is 499 g/mol. The Morgan fingerprint density at radius 3 is 1.97 bits per heavy atom. The fraction of sp³-hybridized carbons (Fsp3) is 0.300. The number of nitrogens with zero attached hydrogens (tertiary/aromatic N) is 1. The van der Waals surface area contributed by atoms with Gasteiger partial charge < -0.3 is 20.7 Å². The van der Waals surface area contributed by atoms with Crippen molar-refractivity contribution in [3.05, 3.63) is 108 Å². The number of carbonyl (C=O) groups excluding carboxylic acids is 3. The van der Waals surface area contributed by atoms with Crippen LogP contribution in [0.2, 0.25) is 0 Å². The van der Waals surface area contributed by atoms with Crippen LogP contribution in [0.15, 0.2) is 91.0 Å². The molecule has 1 aliphatic heterocycles. The van der Waals surface area contributed by atoms with E-state index in [9.17, 15) is 14.4 Å². The van der Waals surface area contributed by atoms with Gasteiger partial charge >= 0.3 is 5.97 Å². The minimum absolute atomic E-state index is 0.150. The number of esters is 1. The van der Waals surface area contributed by atoms with E-state index in [1.807, 2.05) is 91.0 Å². The molecule has 192 valence electrons. The number of ether oxygens (including phenoxy) is 1. The third kappa shape index (κ3) is 7.27. The van der Waals surface area contributed by atoms with Crippen molar-refractivity contribution in [1.82, 2.24) is 10.2 Å². The molecule has 3 aromatic carbocycles. The number of hydrogen-bond donors (Lipinski definition) is 2. The normalized spacial score (nSPS) is 16.6. The average molecular weight is 500 g/mol. The van der Waals surface area contributed by atoms with Crippen LogP contribution in [-0.2, 0) is 38.6 Å². The molecular weight excluding hydrogens is 466 g/mol. The molecule has 1 fully saturated rings. The van der Waals surface area contributed by atoms with E-state index in [4.69, 9.17) is 10.5 Å². The molecule has 0 saturated carbocycles. The van der Waals surface area contributed by atoms with Crippen molar-refractivity contribution in [1.29, 1.82) is 0 Å². The molecule has 0 unspecified atom stereocenters. The number of likely N-dealkylation sites (tertiary alicyclic amines) is 1. The van der Waals surface area contributed by atoms with Crippen molar-refractivity contribution in [3.8, 4) is 0 Å². The summed E-state index contributed by atoms with van der Waals surface area (Å²) in [5.41, 5.74) is 8.93. The van der Waals surface area contributed by atoms with Crippen LogP contribution < -0.4 is 11.1 Å². The van der Waals surface area contributed by atoms with Gasteiger partial charge in [-0.1, -0.05) is 91.0 Å². The molecule has 0 aromatic heterocycles. The summed E-state index contributed by atoms with van der Waals surface area (Å²) in [5.74, 6) is -1.14. The lowest BCUT2D eigenvalue weighted by Gasteiger charge is -2.29. The van der Waals surface area contributed by atoms with Crippen molar-refractivity contribution in [2.24, 2.45) is 5.73 Å². The minimum atomic E-state index is -0.848. The van der Waals surface area contributed by atoms with E-state index < -0.39 is 30.0 Å². The van der Waals surface area contributed by atoms with E-state index in [1.165, 1.54) is 0 Å². The third-order valence-corrected chi connectivity index (χ3v) is 6.56.